The Hall–Kier alpha value is -4.83. The third-order valence-electron chi connectivity index (χ3n) is 7.96. The van der Waals surface area contributed by atoms with E-state index < -0.39 is 60.6 Å². The zero-order valence-corrected chi connectivity index (χ0v) is 29.6. The molecule has 0 unspecified atom stereocenters. The van der Waals surface area contributed by atoms with Gasteiger partial charge in [-0.3, -0.25) is 24.0 Å². The summed E-state index contributed by atoms with van der Waals surface area (Å²) in [6.45, 7) is 4.64. The number of rotatable bonds is 10. The Kier molecular flexibility index (Phi) is 12.3. The van der Waals surface area contributed by atoms with Gasteiger partial charge in [0, 0.05) is 33.3 Å². The van der Waals surface area contributed by atoms with Gasteiger partial charge in [0.05, 0.1) is 32.3 Å². The molecule has 2 aromatic rings. The molecule has 2 aromatic carbocycles. The van der Waals surface area contributed by atoms with Crippen molar-refractivity contribution < 1.29 is 61.9 Å². The lowest BCUT2D eigenvalue weighted by Crippen LogP contribution is -2.64. The van der Waals surface area contributed by atoms with Gasteiger partial charge in [-0.05, 0) is 54.0 Å². The van der Waals surface area contributed by atoms with Crippen LogP contribution < -0.4 is 25.0 Å². The number of amides is 1. The maximum Gasteiger partial charge on any atom is 0.339 e. The third kappa shape index (κ3) is 8.13. The van der Waals surface area contributed by atoms with Gasteiger partial charge in [-0.1, -0.05) is 6.07 Å². The minimum Gasteiger partial charge on any atom is -0.492 e. The molecule has 15 nitrogen and oxygen atoms in total. The Morgan fingerprint density at radius 1 is 0.840 bits per heavy atom. The smallest absolute Gasteiger partial charge is 0.339 e. The molecule has 1 amide bonds. The van der Waals surface area contributed by atoms with Crippen LogP contribution in [0.4, 0.5) is 0 Å². The molecule has 0 bridgehead atoms. The quantitative estimate of drug-likeness (QED) is 0.214. The predicted octanol–water partition coefficient (Wildman–Crippen LogP) is 2.65. The number of hydrogen-bond donors (Lipinski definition) is 1. The number of esters is 4. The van der Waals surface area contributed by atoms with E-state index in [1.807, 2.05) is 0 Å². The summed E-state index contributed by atoms with van der Waals surface area (Å²) in [6.07, 6.45) is -5.55. The van der Waals surface area contributed by atoms with Crippen LogP contribution in [0, 0.1) is 0 Å². The molecular weight excluding hydrogens is 678 g/mol. The molecular formula is C34H39NO14S. The molecule has 2 aliphatic rings. The standard InChI is InChI=1S/C34H39NO14S/c1-15(36)35-22-11-9-19-13-24(27(42-5)28(43-6)26(19)20-10-12-25(50-8)23(40)14-21(20)22)48-34-32(47-18(4)39)30(46-17(3)38)29(45-16(2)37)31(49-34)33(41)44-7/h10,12-14,22,29-32,34H,9,11H2,1-8H3,(H,35,36)/t22-,29+,30+,31+,32-,34-/m0/s1. The number of nitrogens with one attached hydrogen (secondary N) is 1. The Bertz CT molecular complexity index is 1730. The fraction of sp³-hybridized carbons (Fsp3) is 0.471. The van der Waals surface area contributed by atoms with Crippen LogP contribution in [-0.2, 0) is 54.1 Å². The fourth-order valence-electron chi connectivity index (χ4n) is 6.10. The average molecular weight is 718 g/mol. The molecule has 1 aliphatic carbocycles. The summed E-state index contributed by atoms with van der Waals surface area (Å²) >= 11 is 1.29. The van der Waals surface area contributed by atoms with Gasteiger partial charge in [0.2, 0.25) is 24.1 Å². The molecule has 6 atom stereocenters. The predicted molar refractivity (Wildman–Crippen MR) is 176 cm³/mol. The molecule has 1 saturated heterocycles. The molecule has 1 N–H and O–H groups in total. The topological polar surface area (TPSA) is 188 Å². The van der Waals surface area contributed by atoms with E-state index in [2.05, 4.69) is 5.32 Å². The third-order valence-corrected chi connectivity index (χ3v) is 8.73. The fourth-order valence-corrected chi connectivity index (χ4v) is 6.56. The van der Waals surface area contributed by atoms with Crippen LogP contribution in [-0.4, -0.2) is 88.1 Å². The highest BCUT2D eigenvalue weighted by atomic mass is 32.2. The van der Waals surface area contributed by atoms with Gasteiger partial charge in [0.1, 0.15) is 0 Å². The van der Waals surface area contributed by atoms with Crippen molar-refractivity contribution >= 4 is 41.5 Å². The van der Waals surface area contributed by atoms with Crippen LogP contribution in [0.2, 0.25) is 0 Å². The summed E-state index contributed by atoms with van der Waals surface area (Å²) in [7, 11) is 3.86. The Labute approximate surface area is 292 Å². The summed E-state index contributed by atoms with van der Waals surface area (Å²) < 4.78 is 45.2. The van der Waals surface area contributed by atoms with E-state index in [0.717, 1.165) is 27.9 Å². The number of ether oxygens (including phenoxy) is 8. The number of hydrogen-bond acceptors (Lipinski definition) is 15. The highest BCUT2D eigenvalue weighted by Gasteiger charge is 2.56. The zero-order valence-electron chi connectivity index (χ0n) is 28.8. The summed E-state index contributed by atoms with van der Waals surface area (Å²) in [6, 6.07) is 6.09. The number of aryl methyl sites for hydroxylation is 1. The summed E-state index contributed by atoms with van der Waals surface area (Å²) in [5.41, 5.74) is 2.19. The van der Waals surface area contributed by atoms with Gasteiger partial charge in [0.15, 0.2) is 35.2 Å². The molecule has 0 saturated carbocycles. The second-order valence-electron chi connectivity index (χ2n) is 11.3. The maximum atomic E-state index is 13.2. The Morgan fingerprint density at radius 3 is 2.02 bits per heavy atom. The highest BCUT2D eigenvalue weighted by molar-refractivity contribution is 7.98. The van der Waals surface area contributed by atoms with E-state index in [4.69, 9.17) is 37.9 Å². The van der Waals surface area contributed by atoms with Crippen LogP contribution in [0.5, 0.6) is 17.2 Å². The number of carbonyl (C=O) groups is 5. The largest absolute Gasteiger partial charge is 0.492 e. The number of benzene rings is 1. The van der Waals surface area contributed by atoms with Gasteiger partial charge >= 0.3 is 23.9 Å². The van der Waals surface area contributed by atoms with Gasteiger partial charge in [-0.15, -0.1) is 11.8 Å². The van der Waals surface area contributed by atoms with E-state index in [9.17, 15) is 28.8 Å². The second-order valence-corrected chi connectivity index (χ2v) is 12.2. The van der Waals surface area contributed by atoms with Gasteiger partial charge in [-0.25, -0.2) is 4.79 Å². The maximum absolute atomic E-state index is 13.2. The zero-order chi connectivity index (χ0) is 36.9. The van der Waals surface area contributed by atoms with E-state index >= 15 is 0 Å². The SMILES string of the molecule is COC(=O)[C@@H]1O[C@H](Oc2cc3c(c(OC)c2OC)-c2ccc(SC)c(=O)cc2[C@@H](NC(C)=O)CC3)[C@@H](OC(C)=O)[C@H](OC(C)=O)[C@H]1OC(C)=O. The van der Waals surface area contributed by atoms with Crippen molar-refractivity contribution in [3.63, 3.8) is 0 Å². The van der Waals surface area contributed by atoms with Gasteiger partial charge in [0.25, 0.3) is 0 Å². The lowest BCUT2D eigenvalue weighted by molar-refractivity contribution is -0.282. The highest BCUT2D eigenvalue weighted by Crippen LogP contribution is 2.51. The molecule has 4 rings (SSSR count). The van der Waals surface area contributed by atoms with Crippen LogP contribution in [0.3, 0.4) is 0 Å². The van der Waals surface area contributed by atoms with Crippen molar-refractivity contribution in [3.8, 4) is 28.4 Å². The summed E-state index contributed by atoms with van der Waals surface area (Å²) in [5, 5.41) is 2.94. The van der Waals surface area contributed by atoms with Crippen LogP contribution in [0.25, 0.3) is 11.1 Å². The number of carbonyl (C=O) groups excluding carboxylic acids is 5. The van der Waals surface area contributed by atoms with Crippen molar-refractivity contribution in [1.82, 2.24) is 5.32 Å². The van der Waals surface area contributed by atoms with Crippen LogP contribution in [0.15, 0.2) is 34.0 Å². The van der Waals surface area contributed by atoms with E-state index in [1.165, 1.54) is 39.0 Å². The van der Waals surface area contributed by atoms with E-state index in [0.29, 0.717) is 40.0 Å². The lowest BCUT2D eigenvalue weighted by atomic mass is 9.95. The Balaban J connectivity index is 1.94. The van der Waals surface area contributed by atoms with Crippen molar-refractivity contribution in [2.75, 3.05) is 27.6 Å². The van der Waals surface area contributed by atoms with Crippen molar-refractivity contribution in [2.45, 2.75) is 82.2 Å². The van der Waals surface area contributed by atoms with E-state index in [-0.39, 0.29) is 28.6 Å². The second kappa shape index (κ2) is 16.3. The monoisotopic (exact) mass is 717 g/mol. The molecule has 16 heteroatoms. The first-order chi connectivity index (χ1) is 23.7. The Morgan fingerprint density at radius 2 is 1.46 bits per heavy atom. The van der Waals surface area contributed by atoms with Crippen molar-refractivity contribution in [3.05, 3.63) is 45.6 Å². The molecule has 50 heavy (non-hydrogen) atoms. The van der Waals surface area contributed by atoms with Crippen LogP contribution in [0.1, 0.15) is 51.3 Å². The van der Waals surface area contributed by atoms with Gasteiger partial charge < -0.3 is 43.2 Å². The van der Waals surface area contributed by atoms with Crippen LogP contribution >= 0.6 is 11.8 Å². The number of thioether (sulfide) groups is 1. The van der Waals surface area contributed by atoms with Crippen molar-refractivity contribution in [1.29, 1.82) is 0 Å². The minimum atomic E-state index is -1.68. The molecule has 1 aliphatic heterocycles. The van der Waals surface area contributed by atoms with Gasteiger partial charge in [-0.2, -0.15) is 0 Å². The molecule has 0 spiro atoms. The molecule has 1 fully saturated rings. The normalized spacial score (nSPS) is 22.3. The first-order valence-electron chi connectivity index (χ1n) is 15.4. The first kappa shape index (κ1) is 38.0. The average Bonchev–Trinajstić information content (AvgIpc) is 3.29. The summed E-state index contributed by atoms with van der Waals surface area (Å²) in [4.78, 5) is 75.6. The number of fused-ring (bicyclic) bond motifs is 3. The van der Waals surface area contributed by atoms with E-state index in [1.54, 1.807) is 24.5 Å². The minimum absolute atomic E-state index is 0.00975. The molecule has 270 valence electrons. The first-order valence-corrected chi connectivity index (χ1v) is 16.7. The molecule has 1 heterocycles. The van der Waals surface area contributed by atoms with Crippen molar-refractivity contribution in [2.24, 2.45) is 0 Å². The molecule has 0 aromatic heterocycles. The lowest BCUT2D eigenvalue weighted by Gasteiger charge is -2.43. The molecule has 0 radical (unpaired) electrons. The number of methoxy groups -OCH3 is 3. The summed E-state index contributed by atoms with van der Waals surface area (Å²) in [5.74, 6) is -3.53.